The van der Waals surface area contributed by atoms with E-state index in [1.54, 1.807) is 0 Å². The van der Waals surface area contributed by atoms with E-state index in [-0.39, 0.29) is 56.9 Å². The smallest absolute Gasteiger partial charge is 0.907 e. The molecule has 0 rings (SSSR count). The van der Waals surface area contributed by atoms with Crippen molar-refractivity contribution in [1.82, 2.24) is 0 Å². The molecule has 0 spiro atoms. The monoisotopic (exact) mass is 290 g/mol. The normalized spacial score (nSPS) is 4.50. The largest absolute Gasteiger partial charge is 2.00 e. The summed E-state index contributed by atoms with van der Waals surface area (Å²) in [5.41, 5.74) is 0. The maximum absolute atomic E-state index is 8.42. The van der Waals surface area contributed by atoms with Crippen LogP contribution in [0.5, 0.6) is 0 Å². The van der Waals surface area contributed by atoms with Crippen LogP contribution in [0, 0.1) is 0 Å². The Morgan fingerprint density at radius 1 is 1.00 bits per heavy atom. The molecule has 0 fully saturated rings. The zero-order chi connectivity index (χ0) is 3.58. The van der Waals surface area contributed by atoms with Crippen LogP contribution in [-0.2, 0) is 0 Å². The number of hydrogen-bond donors (Lipinski definition) is 0. The summed E-state index contributed by atoms with van der Waals surface area (Å²) >= 11 is 0. The van der Waals surface area contributed by atoms with Crippen molar-refractivity contribution in [3.8, 4) is 0 Å². The number of hydrogen-bond acceptors (Lipinski definition) is 3. The van der Waals surface area contributed by atoms with Gasteiger partial charge in [-0.3, -0.25) is 7.32 Å². The van der Waals surface area contributed by atoms with Crippen LogP contribution >= 0.6 is 0 Å². The first-order valence-corrected chi connectivity index (χ1v) is 0.707. The van der Waals surface area contributed by atoms with Crippen LogP contribution in [-0.4, -0.2) is 34.6 Å². The van der Waals surface area contributed by atoms with Gasteiger partial charge < -0.3 is 15.1 Å². The van der Waals surface area contributed by atoms with Gasteiger partial charge in [-0.05, 0) is 0 Å². The van der Waals surface area contributed by atoms with Gasteiger partial charge in [0.15, 0.2) is 0 Å². The molecular formula is BNaO3Pb. The van der Waals surface area contributed by atoms with Crippen molar-refractivity contribution in [3.05, 3.63) is 0 Å². The molecule has 0 aliphatic rings. The molecule has 6 heteroatoms. The van der Waals surface area contributed by atoms with Crippen LogP contribution in [0.2, 0.25) is 0 Å². The molecule has 0 bridgehead atoms. The van der Waals surface area contributed by atoms with Gasteiger partial charge in [0.25, 0.3) is 0 Å². The minimum absolute atomic E-state index is 0. The van der Waals surface area contributed by atoms with Crippen LogP contribution in [0.4, 0.5) is 0 Å². The summed E-state index contributed by atoms with van der Waals surface area (Å²) in [6.07, 6.45) is 0. The first-order chi connectivity index (χ1) is 1.73. The Hall–Kier alpha value is 1.87. The second-order valence-electron chi connectivity index (χ2n) is 0.289. The molecule has 0 aliphatic heterocycles. The molecule has 3 nitrogen and oxygen atoms in total. The van der Waals surface area contributed by atoms with E-state index < -0.39 is 7.32 Å². The van der Waals surface area contributed by atoms with E-state index in [1.165, 1.54) is 0 Å². The topological polar surface area (TPSA) is 69.2 Å². The predicted molar refractivity (Wildman–Crippen MR) is 11.5 cm³/mol. The molecule has 0 unspecified atom stereocenters. The van der Waals surface area contributed by atoms with Gasteiger partial charge >= 0.3 is 56.9 Å². The summed E-state index contributed by atoms with van der Waals surface area (Å²) < 4.78 is 0. The molecule has 0 N–H and O–H groups in total. The zero-order valence-electron chi connectivity index (χ0n) is 3.30. The minimum Gasteiger partial charge on any atom is -0.907 e. The van der Waals surface area contributed by atoms with Crippen molar-refractivity contribution in [1.29, 1.82) is 0 Å². The van der Waals surface area contributed by atoms with Crippen molar-refractivity contribution < 1.29 is 44.6 Å². The Morgan fingerprint density at radius 3 is 1.00 bits per heavy atom. The van der Waals surface area contributed by atoms with Gasteiger partial charge in [0, 0.05) is 0 Å². The van der Waals surface area contributed by atoms with E-state index in [2.05, 4.69) is 0 Å². The van der Waals surface area contributed by atoms with Crippen molar-refractivity contribution in [2.24, 2.45) is 0 Å². The van der Waals surface area contributed by atoms with Gasteiger partial charge in [0.1, 0.15) is 0 Å². The summed E-state index contributed by atoms with van der Waals surface area (Å²) in [6.45, 7) is 0. The summed E-state index contributed by atoms with van der Waals surface area (Å²) in [5, 5.41) is 25.2. The molecule has 0 aromatic rings. The fourth-order valence-corrected chi connectivity index (χ4v) is 0. The maximum Gasteiger partial charge on any atom is 2.00 e. The first kappa shape index (κ1) is 15.7. The van der Waals surface area contributed by atoms with Crippen molar-refractivity contribution in [2.45, 2.75) is 0 Å². The molecule has 0 aromatic heterocycles. The third-order valence-corrected chi connectivity index (χ3v) is 0. The second-order valence-corrected chi connectivity index (χ2v) is 0.289. The van der Waals surface area contributed by atoms with Crippen LogP contribution in [0.25, 0.3) is 0 Å². The van der Waals surface area contributed by atoms with E-state index in [9.17, 15) is 0 Å². The van der Waals surface area contributed by atoms with Gasteiger partial charge in [0.05, 0.1) is 0 Å². The summed E-state index contributed by atoms with van der Waals surface area (Å²) in [7, 11) is -2.92. The van der Waals surface area contributed by atoms with Gasteiger partial charge in [-0.25, -0.2) is 0 Å². The quantitative estimate of drug-likeness (QED) is 0.416. The molecule has 6 heavy (non-hydrogen) atoms. The van der Waals surface area contributed by atoms with Crippen LogP contribution < -0.4 is 44.6 Å². The van der Waals surface area contributed by atoms with Gasteiger partial charge in [-0.2, -0.15) is 0 Å². The van der Waals surface area contributed by atoms with Gasteiger partial charge in [0.2, 0.25) is 0 Å². The van der Waals surface area contributed by atoms with E-state index in [0.29, 0.717) is 0 Å². The average Bonchev–Trinajstić information content (AvgIpc) is 0.811. The Balaban J connectivity index is -0.0000000450. The van der Waals surface area contributed by atoms with Crippen molar-refractivity contribution >= 4 is 34.6 Å². The molecule has 0 saturated carbocycles. The van der Waals surface area contributed by atoms with Gasteiger partial charge in [-0.1, -0.05) is 0 Å². The van der Waals surface area contributed by atoms with Crippen LogP contribution in [0.3, 0.4) is 0 Å². The maximum atomic E-state index is 8.42. The number of rotatable bonds is 0. The van der Waals surface area contributed by atoms with Crippen molar-refractivity contribution in [3.63, 3.8) is 0 Å². The molecule has 0 amide bonds. The average molecular weight is 289 g/mol. The van der Waals surface area contributed by atoms with E-state index in [4.69, 9.17) is 15.1 Å². The molecule has 0 heterocycles. The molecule has 0 saturated heterocycles. The fourth-order valence-electron chi connectivity index (χ4n) is 0. The molecule has 0 atom stereocenters. The summed E-state index contributed by atoms with van der Waals surface area (Å²) in [6, 6.07) is 0. The summed E-state index contributed by atoms with van der Waals surface area (Å²) in [5.74, 6) is 0. The van der Waals surface area contributed by atoms with Crippen LogP contribution in [0.15, 0.2) is 0 Å². The Bertz CT molecular complexity index is 15.5. The van der Waals surface area contributed by atoms with Crippen LogP contribution in [0.1, 0.15) is 0 Å². The molecule has 26 valence electrons. The van der Waals surface area contributed by atoms with E-state index in [0.717, 1.165) is 0 Å². The first-order valence-electron chi connectivity index (χ1n) is 0.707. The fraction of sp³-hybridized carbons (Fsp3) is 0. The van der Waals surface area contributed by atoms with E-state index >= 15 is 0 Å². The molecule has 0 aliphatic carbocycles. The second kappa shape index (κ2) is 9.98. The summed E-state index contributed by atoms with van der Waals surface area (Å²) in [4.78, 5) is 0. The standard InChI is InChI=1S/BO3.Na.Pb/c2-1(3)4;;/q-3;+1;+2. The predicted octanol–water partition coefficient (Wildman–Crippen LogP) is -7.32. The van der Waals surface area contributed by atoms with E-state index in [1.807, 2.05) is 0 Å². The van der Waals surface area contributed by atoms with Crippen molar-refractivity contribution in [2.75, 3.05) is 0 Å². The molecule has 2 radical (unpaired) electrons. The molecular weight excluding hydrogens is 289 g/mol. The zero-order valence-corrected chi connectivity index (χ0v) is 9.19. The molecule has 0 aromatic carbocycles. The Morgan fingerprint density at radius 2 is 1.00 bits per heavy atom. The third kappa shape index (κ3) is 39.9. The van der Waals surface area contributed by atoms with Gasteiger partial charge in [-0.15, -0.1) is 0 Å². The third-order valence-electron chi connectivity index (χ3n) is 0. The Kier molecular flexibility index (Phi) is 26.0. The minimum atomic E-state index is -2.92. The SMILES string of the molecule is [Na+].[O-]B([O-])[O-].[Pb+2]. The Labute approximate surface area is 78.4 Å².